The molecule has 2 aromatic rings. The molecule has 0 radical (unpaired) electrons. The van der Waals surface area contributed by atoms with Crippen molar-refractivity contribution in [1.29, 1.82) is 0 Å². The number of aromatic nitrogens is 2. The number of hydrogen-bond donors (Lipinski definition) is 0. The fraction of sp³-hybridized carbons (Fsp3) is 0.300. The Morgan fingerprint density at radius 2 is 1.93 bits per heavy atom. The van der Waals surface area contributed by atoms with Gasteiger partial charge in [0.1, 0.15) is 0 Å². The highest BCUT2D eigenvalue weighted by molar-refractivity contribution is 5.82. The van der Waals surface area contributed by atoms with Gasteiger partial charge in [-0.1, -0.05) is 0 Å². The van der Waals surface area contributed by atoms with Crippen LogP contribution in [0.3, 0.4) is 0 Å². The molecule has 0 amide bonds. The third-order valence-electron chi connectivity index (χ3n) is 2.46. The first-order chi connectivity index (χ1) is 6.89. The molecular weight excluding hydrogens is 205 g/mol. The van der Waals surface area contributed by atoms with Crippen LogP contribution in [-0.4, -0.2) is 9.78 Å². The van der Waals surface area contributed by atoms with Crippen LogP contribution in [0.2, 0.25) is 0 Å². The maximum atomic E-state index is 12.4. The number of aryl methyl sites for hydroxylation is 2. The first-order valence-electron chi connectivity index (χ1n) is 4.40. The normalized spacial score (nSPS) is 12.3. The quantitative estimate of drug-likeness (QED) is 0.659. The van der Waals surface area contributed by atoms with E-state index in [4.69, 9.17) is 0 Å². The van der Waals surface area contributed by atoms with Crippen molar-refractivity contribution in [2.24, 2.45) is 7.05 Å². The van der Waals surface area contributed by atoms with Gasteiger partial charge in [-0.3, -0.25) is 4.68 Å². The fourth-order valence-electron chi connectivity index (χ4n) is 1.50. The van der Waals surface area contributed by atoms with E-state index < -0.39 is 11.7 Å². The van der Waals surface area contributed by atoms with Crippen LogP contribution in [0, 0.1) is 6.92 Å². The minimum atomic E-state index is -4.30. The zero-order valence-electron chi connectivity index (χ0n) is 8.26. The van der Waals surface area contributed by atoms with Crippen LogP contribution in [0.25, 0.3) is 10.9 Å². The van der Waals surface area contributed by atoms with Crippen LogP contribution >= 0.6 is 0 Å². The molecule has 5 heteroatoms. The summed E-state index contributed by atoms with van der Waals surface area (Å²) in [5.41, 5.74) is 0.685. The molecule has 0 atom stereocenters. The van der Waals surface area contributed by atoms with Crippen LogP contribution in [-0.2, 0) is 13.2 Å². The molecule has 0 saturated carbocycles. The highest BCUT2D eigenvalue weighted by atomic mass is 19.4. The Kier molecular flexibility index (Phi) is 1.99. The SMILES string of the molecule is Cc1c2cc(C(F)(F)F)ccc2nn1C. The number of nitrogens with zero attached hydrogens (tertiary/aromatic N) is 2. The van der Waals surface area contributed by atoms with Gasteiger partial charge in [-0.25, -0.2) is 0 Å². The molecule has 1 aromatic heterocycles. The van der Waals surface area contributed by atoms with Gasteiger partial charge >= 0.3 is 6.18 Å². The topological polar surface area (TPSA) is 17.8 Å². The summed E-state index contributed by atoms with van der Waals surface area (Å²) in [6, 6.07) is 3.58. The van der Waals surface area contributed by atoms with Crippen molar-refractivity contribution in [1.82, 2.24) is 9.78 Å². The third kappa shape index (κ3) is 1.58. The van der Waals surface area contributed by atoms with E-state index in [1.807, 2.05) is 0 Å². The molecule has 0 aliphatic heterocycles. The number of fused-ring (bicyclic) bond motifs is 1. The lowest BCUT2D eigenvalue weighted by Gasteiger charge is -2.05. The molecule has 2 rings (SSSR count). The van der Waals surface area contributed by atoms with E-state index in [-0.39, 0.29) is 0 Å². The van der Waals surface area contributed by atoms with E-state index in [1.54, 1.807) is 18.7 Å². The zero-order chi connectivity index (χ0) is 11.2. The van der Waals surface area contributed by atoms with Crippen LogP contribution < -0.4 is 0 Å². The summed E-state index contributed by atoms with van der Waals surface area (Å²) in [5, 5.41) is 4.63. The second-order valence-corrected chi connectivity index (χ2v) is 3.44. The van der Waals surface area contributed by atoms with Crippen molar-refractivity contribution in [3.8, 4) is 0 Å². The molecule has 0 saturated heterocycles. The monoisotopic (exact) mass is 214 g/mol. The summed E-state index contributed by atoms with van der Waals surface area (Å²) in [7, 11) is 1.71. The smallest absolute Gasteiger partial charge is 0.272 e. The van der Waals surface area contributed by atoms with Gasteiger partial charge in [-0.05, 0) is 25.1 Å². The summed E-state index contributed by atoms with van der Waals surface area (Å²) >= 11 is 0. The lowest BCUT2D eigenvalue weighted by molar-refractivity contribution is -0.137. The number of halogens is 3. The number of hydrogen-bond acceptors (Lipinski definition) is 1. The summed E-state index contributed by atoms with van der Waals surface area (Å²) in [6.07, 6.45) is -4.30. The highest BCUT2D eigenvalue weighted by Gasteiger charge is 2.30. The Balaban J connectivity index is 2.70. The maximum Gasteiger partial charge on any atom is 0.416 e. The largest absolute Gasteiger partial charge is 0.416 e. The summed E-state index contributed by atoms with van der Waals surface area (Å²) in [4.78, 5) is 0. The molecule has 1 heterocycles. The lowest BCUT2D eigenvalue weighted by atomic mass is 10.1. The van der Waals surface area contributed by atoms with Gasteiger partial charge in [-0.2, -0.15) is 18.3 Å². The number of benzene rings is 1. The van der Waals surface area contributed by atoms with Gasteiger partial charge in [0.15, 0.2) is 0 Å². The van der Waals surface area contributed by atoms with Crippen molar-refractivity contribution < 1.29 is 13.2 Å². The molecule has 0 aliphatic rings. The molecule has 2 nitrogen and oxygen atoms in total. The van der Waals surface area contributed by atoms with Crippen LogP contribution in [0.4, 0.5) is 13.2 Å². The molecule has 0 N–H and O–H groups in total. The Bertz CT molecular complexity index is 511. The summed E-state index contributed by atoms with van der Waals surface area (Å²) in [5.74, 6) is 0. The van der Waals surface area contributed by atoms with Crippen molar-refractivity contribution in [2.75, 3.05) is 0 Å². The molecular formula is C10H9F3N2. The zero-order valence-corrected chi connectivity index (χ0v) is 8.26. The average molecular weight is 214 g/mol. The Morgan fingerprint density at radius 1 is 1.27 bits per heavy atom. The molecule has 0 fully saturated rings. The molecule has 0 aliphatic carbocycles. The first kappa shape index (κ1) is 10.0. The molecule has 1 aromatic carbocycles. The van der Waals surface area contributed by atoms with Gasteiger partial charge in [0.25, 0.3) is 0 Å². The van der Waals surface area contributed by atoms with E-state index in [2.05, 4.69) is 5.10 Å². The van der Waals surface area contributed by atoms with E-state index in [1.165, 1.54) is 6.07 Å². The minimum Gasteiger partial charge on any atom is -0.272 e. The predicted molar refractivity (Wildman–Crippen MR) is 50.5 cm³/mol. The molecule has 15 heavy (non-hydrogen) atoms. The van der Waals surface area contributed by atoms with Crippen molar-refractivity contribution in [2.45, 2.75) is 13.1 Å². The first-order valence-corrected chi connectivity index (χ1v) is 4.40. The molecule has 0 unspecified atom stereocenters. The average Bonchev–Trinajstić information content (AvgIpc) is 2.41. The molecule has 0 spiro atoms. The van der Waals surface area contributed by atoms with Gasteiger partial charge in [0.05, 0.1) is 11.1 Å². The van der Waals surface area contributed by atoms with E-state index >= 15 is 0 Å². The molecule has 80 valence electrons. The Hall–Kier alpha value is -1.52. The van der Waals surface area contributed by atoms with Crippen molar-refractivity contribution in [3.63, 3.8) is 0 Å². The molecule has 0 bridgehead atoms. The standard InChI is InChI=1S/C10H9F3N2/c1-6-8-5-7(10(11,12)13)3-4-9(8)14-15(6)2/h3-5H,1-2H3. The van der Waals surface area contributed by atoms with Gasteiger partial charge in [0.2, 0.25) is 0 Å². The fourth-order valence-corrected chi connectivity index (χ4v) is 1.50. The summed E-state index contributed by atoms with van der Waals surface area (Å²) < 4.78 is 38.9. The van der Waals surface area contributed by atoms with Gasteiger partial charge in [-0.15, -0.1) is 0 Å². The van der Waals surface area contributed by atoms with E-state index in [0.29, 0.717) is 10.9 Å². The van der Waals surface area contributed by atoms with E-state index in [0.717, 1.165) is 17.8 Å². The number of alkyl halides is 3. The summed E-state index contributed by atoms with van der Waals surface area (Å²) in [6.45, 7) is 1.75. The number of rotatable bonds is 0. The Labute approximate surface area is 84.3 Å². The second kappa shape index (κ2) is 2.98. The van der Waals surface area contributed by atoms with Crippen molar-refractivity contribution in [3.05, 3.63) is 29.5 Å². The van der Waals surface area contributed by atoms with Crippen LogP contribution in [0.15, 0.2) is 18.2 Å². The van der Waals surface area contributed by atoms with Crippen LogP contribution in [0.1, 0.15) is 11.3 Å². The van der Waals surface area contributed by atoms with Gasteiger partial charge in [0, 0.05) is 18.1 Å². The second-order valence-electron chi connectivity index (χ2n) is 3.44. The Morgan fingerprint density at radius 3 is 2.53 bits per heavy atom. The third-order valence-corrected chi connectivity index (χ3v) is 2.46. The predicted octanol–water partition coefficient (Wildman–Crippen LogP) is 2.90. The van der Waals surface area contributed by atoms with Crippen molar-refractivity contribution >= 4 is 10.9 Å². The highest BCUT2D eigenvalue weighted by Crippen LogP contribution is 2.31. The van der Waals surface area contributed by atoms with E-state index in [9.17, 15) is 13.2 Å². The van der Waals surface area contributed by atoms with Gasteiger partial charge < -0.3 is 0 Å². The lowest BCUT2D eigenvalue weighted by Crippen LogP contribution is -2.04. The maximum absolute atomic E-state index is 12.4. The van der Waals surface area contributed by atoms with Crippen LogP contribution in [0.5, 0.6) is 0 Å². The minimum absolute atomic E-state index is 0.548.